The minimum atomic E-state index is -0.560. The minimum absolute atomic E-state index is 0.158. The van der Waals surface area contributed by atoms with E-state index in [-0.39, 0.29) is 6.42 Å². The second-order valence-electron chi connectivity index (χ2n) is 4.00. The monoisotopic (exact) mass is 211 g/mol. The van der Waals surface area contributed by atoms with Crippen LogP contribution in [0.4, 0.5) is 10.2 Å². The van der Waals surface area contributed by atoms with Crippen molar-refractivity contribution in [3.63, 3.8) is 0 Å². The van der Waals surface area contributed by atoms with Gasteiger partial charge in [-0.15, -0.1) is 0 Å². The molecule has 0 saturated carbocycles. The SMILES string of the molecule is CC(C)(CC(N)=O)Nc1cccc(F)n1. The van der Waals surface area contributed by atoms with Crippen molar-refractivity contribution in [3.8, 4) is 0 Å². The van der Waals surface area contributed by atoms with Crippen LogP contribution in [0.2, 0.25) is 0 Å². The molecule has 1 heterocycles. The summed E-state index contributed by atoms with van der Waals surface area (Å²) in [5, 5.41) is 2.94. The molecule has 15 heavy (non-hydrogen) atoms. The van der Waals surface area contributed by atoms with Gasteiger partial charge in [-0.2, -0.15) is 4.39 Å². The van der Waals surface area contributed by atoms with Crippen LogP contribution in [-0.2, 0) is 4.79 Å². The van der Waals surface area contributed by atoms with Crippen LogP contribution < -0.4 is 11.1 Å². The van der Waals surface area contributed by atoms with Gasteiger partial charge in [0.25, 0.3) is 0 Å². The van der Waals surface area contributed by atoms with Crippen molar-refractivity contribution in [1.82, 2.24) is 4.98 Å². The summed E-state index contributed by atoms with van der Waals surface area (Å²) in [6.07, 6.45) is 0.158. The molecule has 0 saturated heterocycles. The maximum atomic E-state index is 12.8. The molecule has 4 nitrogen and oxygen atoms in total. The Bertz CT molecular complexity index is 365. The number of nitrogens with zero attached hydrogens (tertiary/aromatic N) is 1. The number of nitrogens with one attached hydrogen (secondary N) is 1. The molecule has 5 heteroatoms. The largest absolute Gasteiger partial charge is 0.370 e. The number of halogens is 1. The van der Waals surface area contributed by atoms with E-state index in [1.807, 2.05) is 0 Å². The molecule has 0 atom stereocenters. The molecular formula is C10H14FN3O. The quantitative estimate of drug-likeness (QED) is 0.737. The first-order chi connectivity index (χ1) is 6.89. The van der Waals surface area contributed by atoms with E-state index in [1.165, 1.54) is 6.07 Å². The number of carbonyl (C=O) groups is 1. The van der Waals surface area contributed by atoms with Gasteiger partial charge in [-0.3, -0.25) is 4.79 Å². The summed E-state index contributed by atoms with van der Waals surface area (Å²) in [6, 6.07) is 4.43. The summed E-state index contributed by atoms with van der Waals surface area (Å²) in [5.41, 5.74) is 4.55. The van der Waals surface area contributed by atoms with Gasteiger partial charge in [-0.25, -0.2) is 4.98 Å². The third-order valence-electron chi connectivity index (χ3n) is 1.80. The highest BCUT2D eigenvalue weighted by molar-refractivity contribution is 5.75. The van der Waals surface area contributed by atoms with E-state index in [0.717, 1.165) is 0 Å². The molecule has 0 unspecified atom stereocenters. The molecule has 0 aliphatic carbocycles. The van der Waals surface area contributed by atoms with Crippen molar-refractivity contribution in [2.24, 2.45) is 5.73 Å². The van der Waals surface area contributed by atoms with Crippen molar-refractivity contribution in [2.75, 3.05) is 5.32 Å². The number of amides is 1. The van der Waals surface area contributed by atoms with E-state index in [9.17, 15) is 9.18 Å². The van der Waals surface area contributed by atoms with Crippen molar-refractivity contribution in [1.29, 1.82) is 0 Å². The van der Waals surface area contributed by atoms with Gasteiger partial charge >= 0.3 is 0 Å². The van der Waals surface area contributed by atoms with Crippen molar-refractivity contribution < 1.29 is 9.18 Å². The zero-order valence-corrected chi connectivity index (χ0v) is 8.75. The molecule has 0 bridgehead atoms. The van der Waals surface area contributed by atoms with Crippen LogP contribution in [0.1, 0.15) is 20.3 Å². The molecule has 0 aromatic carbocycles. The number of anilines is 1. The Kier molecular flexibility index (Phi) is 3.24. The first-order valence-corrected chi connectivity index (χ1v) is 4.58. The number of primary amides is 1. The molecule has 82 valence electrons. The van der Waals surface area contributed by atoms with Gasteiger partial charge in [0.2, 0.25) is 11.9 Å². The molecule has 1 aromatic heterocycles. The second-order valence-corrected chi connectivity index (χ2v) is 4.00. The Balaban J connectivity index is 2.72. The van der Waals surface area contributed by atoms with E-state index >= 15 is 0 Å². The van der Waals surface area contributed by atoms with Crippen LogP contribution in [0.3, 0.4) is 0 Å². The Morgan fingerprint density at radius 1 is 1.60 bits per heavy atom. The number of hydrogen-bond acceptors (Lipinski definition) is 3. The maximum Gasteiger partial charge on any atom is 0.219 e. The zero-order valence-electron chi connectivity index (χ0n) is 8.75. The van der Waals surface area contributed by atoms with Gasteiger partial charge in [0.15, 0.2) is 0 Å². The third kappa shape index (κ3) is 3.93. The molecule has 1 amide bonds. The number of rotatable bonds is 4. The van der Waals surface area contributed by atoms with E-state index in [2.05, 4.69) is 10.3 Å². The van der Waals surface area contributed by atoms with Crippen LogP contribution in [0, 0.1) is 5.95 Å². The predicted molar refractivity (Wildman–Crippen MR) is 55.7 cm³/mol. The third-order valence-corrected chi connectivity index (χ3v) is 1.80. The minimum Gasteiger partial charge on any atom is -0.370 e. The van der Waals surface area contributed by atoms with Gasteiger partial charge in [-0.05, 0) is 26.0 Å². The molecular weight excluding hydrogens is 197 g/mol. The molecule has 1 rings (SSSR count). The number of carbonyl (C=O) groups excluding carboxylic acids is 1. The van der Waals surface area contributed by atoms with Crippen LogP contribution in [0.25, 0.3) is 0 Å². The second kappa shape index (κ2) is 4.25. The lowest BCUT2D eigenvalue weighted by atomic mass is 10.0. The van der Waals surface area contributed by atoms with E-state index in [0.29, 0.717) is 5.82 Å². The molecule has 0 aliphatic heterocycles. The summed E-state index contributed by atoms with van der Waals surface area (Å²) in [5.74, 6) is -0.583. The first kappa shape index (κ1) is 11.4. The van der Waals surface area contributed by atoms with E-state index < -0.39 is 17.4 Å². The Morgan fingerprint density at radius 3 is 2.80 bits per heavy atom. The van der Waals surface area contributed by atoms with Gasteiger partial charge in [-0.1, -0.05) is 6.07 Å². The van der Waals surface area contributed by atoms with Gasteiger partial charge in [0.05, 0.1) is 0 Å². The van der Waals surface area contributed by atoms with Gasteiger partial charge in [0, 0.05) is 12.0 Å². The summed E-state index contributed by atoms with van der Waals surface area (Å²) in [7, 11) is 0. The Labute approximate surface area is 87.7 Å². The Morgan fingerprint density at radius 2 is 2.27 bits per heavy atom. The molecule has 0 spiro atoms. The predicted octanol–water partition coefficient (Wildman–Crippen LogP) is 1.29. The van der Waals surface area contributed by atoms with E-state index in [4.69, 9.17) is 5.73 Å². The summed E-state index contributed by atoms with van der Waals surface area (Å²) in [6.45, 7) is 3.59. The number of hydrogen-bond donors (Lipinski definition) is 2. The molecule has 3 N–H and O–H groups in total. The van der Waals surface area contributed by atoms with Crippen LogP contribution in [0.5, 0.6) is 0 Å². The smallest absolute Gasteiger partial charge is 0.219 e. The van der Waals surface area contributed by atoms with Gasteiger partial charge in [0.1, 0.15) is 5.82 Å². The molecule has 0 aliphatic rings. The fourth-order valence-corrected chi connectivity index (χ4v) is 1.30. The summed E-state index contributed by atoms with van der Waals surface area (Å²) in [4.78, 5) is 14.4. The lowest BCUT2D eigenvalue weighted by molar-refractivity contribution is -0.118. The molecule has 0 fully saturated rings. The van der Waals surface area contributed by atoms with Crippen molar-refractivity contribution in [2.45, 2.75) is 25.8 Å². The standard InChI is InChI=1S/C10H14FN3O/c1-10(2,6-8(12)15)14-9-5-3-4-7(11)13-9/h3-5H,6H2,1-2H3,(H2,12,15)(H,13,14). The van der Waals surface area contributed by atoms with E-state index in [1.54, 1.807) is 26.0 Å². The summed E-state index contributed by atoms with van der Waals surface area (Å²) >= 11 is 0. The number of pyridine rings is 1. The topological polar surface area (TPSA) is 68.0 Å². The lowest BCUT2D eigenvalue weighted by Crippen LogP contribution is -2.36. The Hall–Kier alpha value is -1.65. The highest BCUT2D eigenvalue weighted by atomic mass is 19.1. The lowest BCUT2D eigenvalue weighted by Gasteiger charge is -2.25. The summed E-state index contributed by atoms with van der Waals surface area (Å²) < 4.78 is 12.8. The van der Waals surface area contributed by atoms with Crippen molar-refractivity contribution in [3.05, 3.63) is 24.1 Å². The zero-order chi connectivity index (χ0) is 11.5. The highest BCUT2D eigenvalue weighted by Gasteiger charge is 2.20. The molecule has 0 radical (unpaired) electrons. The number of aromatic nitrogens is 1. The molecule has 1 aromatic rings. The fraction of sp³-hybridized carbons (Fsp3) is 0.400. The first-order valence-electron chi connectivity index (χ1n) is 4.58. The van der Waals surface area contributed by atoms with Crippen LogP contribution >= 0.6 is 0 Å². The van der Waals surface area contributed by atoms with Crippen molar-refractivity contribution >= 4 is 11.7 Å². The van der Waals surface area contributed by atoms with Gasteiger partial charge < -0.3 is 11.1 Å². The highest BCUT2D eigenvalue weighted by Crippen LogP contribution is 2.15. The fourth-order valence-electron chi connectivity index (χ4n) is 1.30. The average Bonchev–Trinajstić information content (AvgIpc) is 1.99. The average molecular weight is 211 g/mol. The normalized spacial score (nSPS) is 11.1. The maximum absolute atomic E-state index is 12.8. The van der Waals surface area contributed by atoms with Crippen LogP contribution in [-0.4, -0.2) is 16.4 Å². The van der Waals surface area contributed by atoms with Crippen LogP contribution in [0.15, 0.2) is 18.2 Å². The number of nitrogens with two attached hydrogens (primary N) is 1.